The van der Waals surface area contributed by atoms with Crippen molar-refractivity contribution in [1.82, 2.24) is 4.98 Å². The zero-order chi connectivity index (χ0) is 8.27. The zero-order valence-corrected chi connectivity index (χ0v) is 8.03. The van der Waals surface area contributed by atoms with E-state index in [1.165, 1.54) is 4.53 Å². The van der Waals surface area contributed by atoms with Gasteiger partial charge in [-0.25, -0.2) is 4.98 Å². The molecule has 1 aromatic heterocycles. The SMILES string of the molecule is C/C=c1/nc(C)s/c1=C/CC. The highest BCUT2D eigenvalue weighted by Gasteiger charge is 1.90. The van der Waals surface area contributed by atoms with E-state index in [2.05, 4.69) is 24.1 Å². The molecule has 0 unspecified atom stereocenters. The van der Waals surface area contributed by atoms with Crippen LogP contribution in [0.5, 0.6) is 0 Å². The average Bonchev–Trinajstić information content (AvgIpc) is 2.32. The summed E-state index contributed by atoms with van der Waals surface area (Å²) in [5.74, 6) is 0. The molecule has 0 atom stereocenters. The first kappa shape index (κ1) is 8.47. The Balaban J connectivity index is 3.36. The van der Waals surface area contributed by atoms with Gasteiger partial charge in [0.25, 0.3) is 0 Å². The van der Waals surface area contributed by atoms with Crippen molar-refractivity contribution in [3.63, 3.8) is 0 Å². The first-order valence-corrected chi connectivity index (χ1v) is 4.69. The van der Waals surface area contributed by atoms with Crippen LogP contribution in [0.2, 0.25) is 0 Å². The van der Waals surface area contributed by atoms with E-state index in [9.17, 15) is 0 Å². The van der Waals surface area contributed by atoms with Crippen LogP contribution in [0.3, 0.4) is 0 Å². The monoisotopic (exact) mass is 167 g/mol. The predicted octanol–water partition coefficient (Wildman–Crippen LogP) is 1.44. The molecule has 1 nitrogen and oxygen atoms in total. The van der Waals surface area contributed by atoms with E-state index in [4.69, 9.17) is 0 Å². The minimum absolute atomic E-state index is 1.09. The summed E-state index contributed by atoms with van der Waals surface area (Å²) in [6.07, 6.45) is 5.37. The first-order chi connectivity index (χ1) is 5.27. The van der Waals surface area contributed by atoms with Crippen LogP contribution in [0.15, 0.2) is 0 Å². The molecule has 60 valence electrons. The lowest BCUT2D eigenvalue weighted by atomic mass is 10.4. The molecule has 0 fully saturated rings. The fourth-order valence-corrected chi connectivity index (χ4v) is 1.98. The molecule has 2 heteroatoms. The molecule has 1 aromatic rings. The Bertz CT molecular complexity index is 335. The Morgan fingerprint density at radius 2 is 2.27 bits per heavy atom. The Morgan fingerprint density at radius 1 is 1.55 bits per heavy atom. The van der Waals surface area contributed by atoms with Crippen molar-refractivity contribution in [1.29, 1.82) is 0 Å². The minimum Gasteiger partial charge on any atom is -0.242 e. The van der Waals surface area contributed by atoms with Crippen LogP contribution in [0.4, 0.5) is 0 Å². The molecule has 1 rings (SSSR count). The maximum atomic E-state index is 4.38. The van der Waals surface area contributed by atoms with Crippen LogP contribution in [-0.2, 0) is 0 Å². The molecule has 0 amide bonds. The van der Waals surface area contributed by atoms with E-state index in [1.54, 1.807) is 11.3 Å². The van der Waals surface area contributed by atoms with E-state index in [-0.39, 0.29) is 0 Å². The number of aromatic nitrogens is 1. The van der Waals surface area contributed by atoms with Crippen LogP contribution in [0.1, 0.15) is 25.3 Å². The second kappa shape index (κ2) is 3.67. The Labute approximate surface area is 71.1 Å². The van der Waals surface area contributed by atoms with Gasteiger partial charge in [-0.05, 0) is 20.3 Å². The van der Waals surface area contributed by atoms with Crippen LogP contribution in [0.25, 0.3) is 12.2 Å². The number of aryl methyl sites for hydroxylation is 1. The van der Waals surface area contributed by atoms with Crippen molar-refractivity contribution in [2.45, 2.75) is 27.2 Å². The number of thiazole rings is 1. The summed E-state index contributed by atoms with van der Waals surface area (Å²) in [6, 6.07) is 0. The van der Waals surface area contributed by atoms with Gasteiger partial charge in [0, 0.05) is 0 Å². The second-order valence-electron chi connectivity index (χ2n) is 2.38. The molecule has 0 aromatic carbocycles. The van der Waals surface area contributed by atoms with Crippen molar-refractivity contribution < 1.29 is 0 Å². The normalized spacial score (nSPS) is 14.5. The highest BCUT2D eigenvalue weighted by Crippen LogP contribution is 1.90. The molecular weight excluding hydrogens is 154 g/mol. The third-order valence-corrected chi connectivity index (χ3v) is 2.43. The van der Waals surface area contributed by atoms with Crippen LogP contribution < -0.4 is 9.88 Å². The highest BCUT2D eigenvalue weighted by atomic mass is 32.1. The fraction of sp³-hybridized carbons (Fsp3) is 0.444. The number of rotatable bonds is 1. The van der Waals surface area contributed by atoms with Gasteiger partial charge in [-0.15, -0.1) is 11.3 Å². The Morgan fingerprint density at radius 3 is 2.82 bits per heavy atom. The molecule has 11 heavy (non-hydrogen) atoms. The molecule has 0 spiro atoms. The molecule has 0 saturated carbocycles. The Hall–Kier alpha value is -0.630. The summed E-state index contributed by atoms with van der Waals surface area (Å²) in [5, 5.41) is 2.28. The average molecular weight is 167 g/mol. The molecule has 0 N–H and O–H groups in total. The summed E-state index contributed by atoms with van der Waals surface area (Å²) < 4.78 is 1.31. The number of hydrogen-bond donors (Lipinski definition) is 0. The van der Waals surface area contributed by atoms with Gasteiger partial charge in [0.05, 0.1) is 14.9 Å². The lowest BCUT2D eigenvalue weighted by Crippen LogP contribution is -2.19. The molecule has 0 saturated heterocycles. The maximum absolute atomic E-state index is 4.38. The molecule has 0 aliphatic rings. The van der Waals surface area contributed by atoms with Gasteiger partial charge in [-0.2, -0.15) is 0 Å². The molecule has 0 aliphatic carbocycles. The van der Waals surface area contributed by atoms with Crippen molar-refractivity contribution in [2.75, 3.05) is 0 Å². The molecule has 1 heterocycles. The molecule has 0 aliphatic heterocycles. The van der Waals surface area contributed by atoms with Gasteiger partial charge in [-0.3, -0.25) is 0 Å². The van der Waals surface area contributed by atoms with Crippen LogP contribution in [-0.4, -0.2) is 4.98 Å². The van der Waals surface area contributed by atoms with Gasteiger partial charge in [-0.1, -0.05) is 19.1 Å². The summed E-state index contributed by atoms with van der Waals surface area (Å²) in [7, 11) is 0. The quantitative estimate of drug-likeness (QED) is 0.617. The second-order valence-corrected chi connectivity index (χ2v) is 3.62. The predicted molar refractivity (Wildman–Crippen MR) is 51.0 cm³/mol. The van der Waals surface area contributed by atoms with E-state index in [0.29, 0.717) is 0 Å². The molecule has 0 radical (unpaired) electrons. The van der Waals surface area contributed by atoms with Gasteiger partial charge >= 0.3 is 0 Å². The van der Waals surface area contributed by atoms with E-state index >= 15 is 0 Å². The number of nitrogens with zero attached hydrogens (tertiary/aromatic N) is 1. The van der Waals surface area contributed by atoms with E-state index in [0.717, 1.165) is 16.8 Å². The Kier molecular flexibility index (Phi) is 2.83. The van der Waals surface area contributed by atoms with Crippen LogP contribution >= 0.6 is 11.3 Å². The third kappa shape index (κ3) is 1.90. The van der Waals surface area contributed by atoms with Crippen molar-refractivity contribution in [3.8, 4) is 0 Å². The third-order valence-electron chi connectivity index (χ3n) is 1.45. The maximum Gasteiger partial charge on any atom is 0.0907 e. The number of hydrogen-bond acceptors (Lipinski definition) is 2. The van der Waals surface area contributed by atoms with E-state index < -0.39 is 0 Å². The van der Waals surface area contributed by atoms with Gasteiger partial charge in [0.2, 0.25) is 0 Å². The fourth-order valence-electron chi connectivity index (χ4n) is 0.997. The molecular formula is C9H13NS. The zero-order valence-electron chi connectivity index (χ0n) is 7.22. The van der Waals surface area contributed by atoms with Gasteiger partial charge in [0.1, 0.15) is 0 Å². The smallest absolute Gasteiger partial charge is 0.0907 e. The summed E-state index contributed by atoms with van der Waals surface area (Å²) >= 11 is 1.77. The minimum atomic E-state index is 1.09. The van der Waals surface area contributed by atoms with Crippen molar-refractivity contribution >= 4 is 23.5 Å². The van der Waals surface area contributed by atoms with Crippen LogP contribution in [0, 0.1) is 6.92 Å². The summed E-state index contributed by atoms with van der Waals surface area (Å²) in [5.41, 5.74) is 0. The largest absolute Gasteiger partial charge is 0.242 e. The first-order valence-electron chi connectivity index (χ1n) is 3.88. The summed E-state index contributed by atoms with van der Waals surface area (Å²) in [6.45, 7) is 6.22. The van der Waals surface area contributed by atoms with Crippen molar-refractivity contribution in [2.24, 2.45) is 0 Å². The summed E-state index contributed by atoms with van der Waals surface area (Å²) in [4.78, 5) is 4.38. The topological polar surface area (TPSA) is 12.9 Å². The highest BCUT2D eigenvalue weighted by molar-refractivity contribution is 7.09. The van der Waals surface area contributed by atoms with Crippen molar-refractivity contribution in [3.05, 3.63) is 14.9 Å². The molecule has 0 bridgehead atoms. The standard InChI is InChI=1S/C9H13NS/c1-4-6-9-8(5-2)10-7(3)11-9/h5-6H,4H2,1-3H3/b8-5+,9-6+. The lowest BCUT2D eigenvalue weighted by molar-refractivity contribution is 1.22. The van der Waals surface area contributed by atoms with Gasteiger partial charge in [0.15, 0.2) is 0 Å². The lowest BCUT2D eigenvalue weighted by Gasteiger charge is -1.74. The van der Waals surface area contributed by atoms with E-state index in [1.807, 2.05) is 13.8 Å². The van der Waals surface area contributed by atoms with Gasteiger partial charge < -0.3 is 0 Å².